The van der Waals surface area contributed by atoms with Crippen LogP contribution in [0.25, 0.3) is 0 Å². The second-order valence-corrected chi connectivity index (χ2v) is 6.96. The van der Waals surface area contributed by atoms with E-state index in [9.17, 15) is 13.6 Å². The van der Waals surface area contributed by atoms with E-state index in [0.717, 1.165) is 11.3 Å². The van der Waals surface area contributed by atoms with Crippen LogP contribution in [0.5, 0.6) is 0 Å². The molecule has 2 heterocycles. The van der Waals surface area contributed by atoms with Gasteiger partial charge in [-0.25, -0.2) is 8.78 Å². The molecule has 1 amide bonds. The van der Waals surface area contributed by atoms with Crippen molar-refractivity contribution in [2.75, 3.05) is 6.54 Å². The van der Waals surface area contributed by atoms with Gasteiger partial charge in [-0.15, -0.1) is 0 Å². The number of rotatable bonds is 3. The third-order valence-corrected chi connectivity index (χ3v) is 4.50. The molecule has 7 heteroatoms. The number of aromatic amines is 1. The van der Waals surface area contributed by atoms with Crippen molar-refractivity contribution in [2.24, 2.45) is 5.41 Å². The zero-order chi connectivity index (χ0) is 16.1. The summed E-state index contributed by atoms with van der Waals surface area (Å²) in [4.78, 5) is 12.3. The Morgan fingerprint density at radius 1 is 1.45 bits per heavy atom. The number of carbonyl (C=O) groups is 1. The monoisotopic (exact) mass is 313 g/mol. The molecule has 0 bridgehead atoms. The van der Waals surface area contributed by atoms with Crippen molar-refractivity contribution in [3.8, 4) is 0 Å². The van der Waals surface area contributed by atoms with E-state index in [-0.39, 0.29) is 37.5 Å². The molecule has 0 radical (unpaired) electrons. The molecule has 1 fully saturated rings. The highest BCUT2D eigenvalue weighted by molar-refractivity contribution is 5.94. The fraction of sp³-hybridized carbons (Fsp3) is 0.733. The van der Waals surface area contributed by atoms with Crippen LogP contribution in [0, 0.1) is 5.41 Å². The maximum atomic E-state index is 13.0. The van der Waals surface area contributed by atoms with Crippen molar-refractivity contribution in [2.45, 2.75) is 58.2 Å². The predicted octanol–water partition coefficient (Wildman–Crippen LogP) is 2.60. The minimum atomic E-state index is -2.59. The van der Waals surface area contributed by atoms with Crippen molar-refractivity contribution >= 4 is 5.91 Å². The van der Waals surface area contributed by atoms with Crippen molar-refractivity contribution in [1.82, 2.24) is 15.5 Å². The molecule has 3 rings (SSSR count). The van der Waals surface area contributed by atoms with Crippen LogP contribution in [0.4, 0.5) is 8.78 Å². The number of nitrogens with zero attached hydrogens (tertiary/aromatic N) is 1. The number of halogens is 2. The summed E-state index contributed by atoms with van der Waals surface area (Å²) in [5.74, 6) is -2.90. The number of ether oxygens (including phenoxy) is 1. The van der Waals surface area contributed by atoms with Crippen LogP contribution in [0.1, 0.15) is 61.5 Å². The zero-order valence-electron chi connectivity index (χ0n) is 13.0. The van der Waals surface area contributed by atoms with Crippen LogP contribution < -0.4 is 5.32 Å². The van der Waals surface area contributed by atoms with Crippen molar-refractivity contribution in [1.29, 1.82) is 0 Å². The van der Waals surface area contributed by atoms with Gasteiger partial charge in [0.2, 0.25) is 5.92 Å². The minimum Gasteiger partial charge on any atom is -0.369 e. The zero-order valence-corrected chi connectivity index (χ0v) is 13.0. The highest BCUT2D eigenvalue weighted by Crippen LogP contribution is 2.51. The summed E-state index contributed by atoms with van der Waals surface area (Å²) in [7, 11) is 0. The van der Waals surface area contributed by atoms with E-state index in [0.29, 0.717) is 12.1 Å². The van der Waals surface area contributed by atoms with Crippen molar-refractivity contribution in [3.63, 3.8) is 0 Å². The lowest BCUT2D eigenvalue weighted by Crippen LogP contribution is -2.50. The summed E-state index contributed by atoms with van der Waals surface area (Å²) in [6.07, 6.45) is 0.154. The average molecular weight is 313 g/mol. The maximum Gasteiger partial charge on any atom is 0.272 e. The van der Waals surface area contributed by atoms with Gasteiger partial charge in [0.25, 0.3) is 5.91 Å². The Bertz CT molecular complexity index is 592. The first-order chi connectivity index (χ1) is 10.2. The van der Waals surface area contributed by atoms with Gasteiger partial charge in [-0.1, -0.05) is 6.92 Å². The van der Waals surface area contributed by atoms with E-state index in [2.05, 4.69) is 15.5 Å². The largest absolute Gasteiger partial charge is 0.369 e. The number of H-pyrrole nitrogens is 1. The van der Waals surface area contributed by atoms with Crippen molar-refractivity contribution < 1.29 is 18.3 Å². The van der Waals surface area contributed by atoms with Gasteiger partial charge in [-0.05, 0) is 19.3 Å². The molecule has 1 aliphatic heterocycles. The Morgan fingerprint density at radius 2 is 2.14 bits per heavy atom. The van der Waals surface area contributed by atoms with E-state index in [1.165, 1.54) is 0 Å². The van der Waals surface area contributed by atoms with E-state index < -0.39 is 11.3 Å². The number of carbonyl (C=O) groups excluding carboxylic acids is 1. The smallest absolute Gasteiger partial charge is 0.272 e. The molecule has 0 saturated heterocycles. The van der Waals surface area contributed by atoms with Crippen LogP contribution in [0.2, 0.25) is 0 Å². The molecule has 0 unspecified atom stereocenters. The van der Waals surface area contributed by atoms with E-state index in [1.54, 1.807) is 6.92 Å². The molecule has 1 aromatic heterocycles. The Balaban J connectivity index is 1.67. The fourth-order valence-corrected chi connectivity index (χ4v) is 3.56. The van der Waals surface area contributed by atoms with E-state index >= 15 is 0 Å². The molecule has 0 aromatic carbocycles. The molecule has 2 N–H and O–H groups in total. The Morgan fingerprint density at radius 3 is 2.77 bits per heavy atom. The number of alkyl halides is 2. The standard InChI is InChI=1S/C15H21F2N3O2/c1-8-4-10-11(9(2)22-8)19-20-12(10)13(21)18-7-14(3)5-15(16,17)6-14/h8-9H,4-7H2,1-3H3,(H,18,21)(H,19,20)/t8-,9+/m1/s1. The summed E-state index contributed by atoms with van der Waals surface area (Å²) in [5, 5.41) is 9.70. The Hall–Kier alpha value is -1.50. The second-order valence-electron chi connectivity index (χ2n) is 6.96. The number of amides is 1. The molecule has 1 aliphatic carbocycles. The normalized spacial score (nSPS) is 28.6. The van der Waals surface area contributed by atoms with Gasteiger partial charge in [-0.3, -0.25) is 9.89 Å². The summed E-state index contributed by atoms with van der Waals surface area (Å²) in [5.41, 5.74) is 1.52. The molecule has 1 aromatic rings. The summed E-state index contributed by atoms with van der Waals surface area (Å²) in [6, 6.07) is 0. The predicted molar refractivity (Wildman–Crippen MR) is 75.9 cm³/mol. The third kappa shape index (κ3) is 2.74. The average Bonchev–Trinajstić information content (AvgIpc) is 2.77. The maximum absolute atomic E-state index is 13.0. The molecule has 122 valence electrons. The molecule has 2 atom stereocenters. The number of fused-ring (bicyclic) bond motifs is 1. The van der Waals surface area contributed by atoms with Gasteiger partial charge < -0.3 is 10.1 Å². The first-order valence-corrected chi connectivity index (χ1v) is 7.58. The number of nitrogens with one attached hydrogen (secondary N) is 2. The quantitative estimate of drug-likeness (QED) is 0.901. The highest BCUT2D eigenvalue weighted by Gasteiger charge is 2.53. The lowest BCUT2D eigenvalue weighted by Gasteiger charge is -2.44. The third-order valence-electron chi connectivity index (χ3n) is 4.50. The molecular formula is C15H21F2N3O2. The van der Waals surface area contributed by atoms with Crippen molar-refractivity contribution in [3.05, 3.63) is 17.0 Å². The SMILES string of the molecule is C[C@@H]1Cc2c(C(=O)NCC3(C)CC(F)(F)C3)n[nH]c2[C@H](C)O1. The fourth-order valence-electron chi connectivity index (χ4n) is 3.56. The summed E-state index contributed by atoms with van der Waals surface area (Å²) in [6.45, 7) is 5.87. The molecule has 0 spiro atoms. The first kappa shape index (κ1) is 15.4. The van der Waals surface area contributed by atoms with Crippen LogP contribution >= 0.6 is 0 Å². The van der Waals surface area contributed by atoms with Gasteiger partial charge >= 0.3 is 0 Å². The highest BCUT2D eigenvalue weighted by atomic mass is 19.3. The molecule has 22 heavy (non-hydrogen) atoms. The minimum absolute atomic E-state index is 0.0227. The van der Waals surface area contributed by atoms with Gasteiger partial charge in [0.15, 0.2) is 5.69 Å². The second kappa shape index (κ2) is 5.01. The topological polar surface area (TPSA) is 67.0 Å². The summed E-state index contributed by atoms with van der Waals surface area (Å²) >= 11 is 0. The number of hydrogen-bond donors (Lipinski definition) is 2. The van der Waals surface area contributed by atoms with Gasteiger partial charge in [-0.2, -0.15) is 5.10 Å². The van der Waals surface area contributed by atoms with Gasteiger partial charge in [0.05, 0.1) is 17.9 Å². The summed E-state index contributed by atoms with van der Waals surface area (Å²) < 4.78 is 31.7. The van der Waals surface area contributed by atoms with E-state index in [4.69, 9.17) is 4.74 Å². The number of hydrogen-bond acceptors (Lipinski definition) is 3. The van der Waals surface area contributed by atoms with Gasteiger partial charge in [0.1, 0.15) is 0 Å². The van der Waals surface area contributed by atoms with Crippen LogP contribution in [-0.2, 0) is 11.2 Å². The molecule has 2 aliphatic rings. The van der Waals surface area contributed by atoms with Crippen LogP contribution in [0.3, 0.4) is 0 Å². The molecular weight excluding hydrogens is 292 g/mol. The Kier molecular flexibility index (Phi) is 3.51. The lowest BCUT2D eigenvalue weighted by atomic mass is 9.67. The molecule has 1 saturated carbocycles. The molecule has 5 nitrogen and oxygen atoms in total. The lowest BCUT2D eigenvalue weighted by molar-refractivity contribution is -0.151. The first-order valence-electron chi connectivity index (χ1n) is 7.58. The van der Waals surface area contributed by atoms with E-state index in [1.807, 2.05) is 13.8 Å². The Labute approximate surface area is 127 Å². The van der Waals surface area contributed by atoms with Crippen LogP contribution in [-0.4, -0.2) is 34.7 Å². The van der Waals surface area contributed by atoms with Crippen LogP contribution in [0.15, 0.2) is 0 Å². The van der Waals surface area contributed by atoms with Gasteiger partial charge in [0, 0.05) is 31.4 Å². The number of aromatic nitrogens is 2.